The standard InChI is InChI=1S/C13H18FNOS/c1-3-15-9(2)10-4-5-13(12(14)6-10)17-11-7-16-8-11/h4-6,9,11,15H,3,7-8H2,1-2H3. The third-order valence-electron chi connectivity index (χ3n) is 2.87. The van der Waals surface area contributed by atoms with Gasteiger partial charge >= 0.3 is 0 Å². The van der Waals surface area contributed by atoms with Gasteiger partial charge in [0.25, 0.3) is 0 Å². The first-order valence-electron chi connectivity index (χ1n) is 5.98. The van der Waals surface area contributed by atoms with E-state index >= 15 is 0 Å². The van der Waals surface area contributed by atoms with Crippen molar-refractivity contribution < 1.29 is 9.13 Å². The summed E-state index contributed by atoms with van der Waals surface area (Å²) in [4.78, 5) is 0.728. The molecule has 0 aromatic heterocycles. The van der Waals surface area contributed by atoms with Gasteiger partial charge in [-0.2, -0.15) is 0 Å². The summed E-state index contributed by atoms with van der Waals surface area (Å²) in [7, 11) is 0. The van der Waals surface area contributed by atoms with E-state index in [1.54, 1.807) is 17.8 Å². The van der Waals surface area contributed by atoms with E-state index in [2.05, 4.69) is 5.32 Å². The molecule has 0 aliphatic carbocycles. The second kappa shape index (κ2) is 5.85. The Kier molecular flexibility index (Phi) is 4.42. The summed E-state index contributed by atoms with van der Waals surface area (Å²) < 4.78 is 19.0. The summed E-state index contributed by atoms with van der Waals surface area (Å²) in [5, 5.41) is 3.70. The van der Waals surface area contributed by atoms with Gasteiger partial charge in [0.15, 0.2) is 0 Å². The smallest absolute Gasteiger partial charge is 0.137 e. The molecule has 1 fully saturated rings. The van der Waals surface area contributed by atoms with Crippen LogP contribution >= 0.6 is 11.8 Å². The summed E-state index contributed by atoms with van der Waals surface area (Å²) in [6.07, 6.45) is 0. The second-order valence-electron chi connectivity index (χ2n) is 4.25. The van der Waals surface area contributed by atoms with E-state index in [0.29, 0.717) is 5.25 Å². The van der Waals surface area contributed by atoms with Crippen LogP contribution in [0.25, 0.3) is 0 Å². The summed E-state index contributed by atoms with van der Waals surface area (Å²) in [6, 6.07) is 5.70. The van der Waals surface area contributed by atoms with Crippen LogP contribution < -0.4 is 5.32 Å². The molecule has 1 atom stereocenters. The van der Waals surface area contributed by atoms with Crippen molar-refractivity contribution in [3.63, 3.8) is 0 Å². The molecule has 0 amide bonds. The maximum absolute atomic E-state index is 13.9. The highest BCUT2D eigenvalue weighted by Gasteiger charge is 2.21. The molecule has 0 radical (unpaired) electrons. The molecule has 1 aliphatic heterocycles. The third-order valence-corrected chi connectivity index (χ3v) is 4.06. The number of thioether (sulfide) groups is 1. The molecule has 0 spiro atoms. The fourth-order valence-electron chi connectivity index (χ4n) is 1.77. The van der Waals surface area contributed by atoms with E-state index in [-0.39, 0.29) is 11.9 Å². The summed E-state index contributed by atoms with van der Waals surface area (Å²) in [5.74, 6) is -0.121. The molecule has 17 heavy (non-hydrogen) atoms. The minimum Gasteiger partial charge on any atom is -0.379 e. The van der Waals surface area contributed by atoms with Crippen LogP contribution in [-0.4, -0.2) is 25.0 Å². The second-order valence-corrected chi connectivity index (χ2v) is 5.59. The van der Waals surface area contributed by atoms with Crippen molar-refractivity contribution in [2.45, 2.75) is 30.0 Å². The molecule has 4 heteroatoms. The van der Waals surface area contributed by atoms with Gasteiger partial charge < -0.3 is 10.1 Å². The number of hydrogen-bond acceptors (Lipinski definition) is 3. The number of nitrogens with one attached hydrogen (secondary N) is 1. The van der Waals surface area contributed by atoms with E-state index in [9.17, 15) is 4.39 Å². The van der Waals surface area contributed by atoms with E-state index < -0.39 is 0 Å². The van der Waals surface area contributed by atoms with Gasteiger partial charge in [-0.3, -0.25) is 0 Å². The third kappa shape index (κ3) is 3.21. The van der Waals surface area contributed by atoms with E-state index in [0.717, 1.165) is 30.2 Å². The number of ether oxygens (including phenoxy) is 1. The number of rotatable bonds is 5. The van der Waals surface area contributed by atoms with Crippen LogP contribution in [-0.2, 0) is 4.74 Å². The fraction of sp³-hybridized carbons (Fsp3) is 0.538. The summed E-state index contributed by atoms with van der Waals surface area (Å²) >= 11 is 1.57. The van der Waals surface area contributed by atoms with Gasteiger partial charge in [-0.05, 0) is 31.2 Å². The maximum Gasteiger partial charge on any atom is 0.137 e. The molecule has 2 rings (SSSR count). The molecule has 1 unspecified atom stereocenters. The Morgan fingerprint density at radius 3 is 2.82 bits per heavy atom. The van der Waals surface area contributed by atoms with Crippen LogP contribution in [0.4, 0.5) is 4.39 Å². The van der Waals surface area contributed by atoms with Crippen LogP contribution in [0.5, 0.6) is 0 Å². The number of halogens is 1. The Morgan fingerprint density at radius 2 is 2.29 bits per heavy atom. The van der Waals surface area contributed by atoms with Crippen molar-refractivity contribution >= 4 is 11.8 Å². The first kappa shape index (κ1) is 12.9. The molecule has 1 aliphatic rings. The zero-order valence-electron chi connectivity index (χ0n) is 10.2. The molecule has 94 valence electrons. The highest BCUT2D eigenvalue weighted by Crippen LogP contribution is 2.31. The molecule has 0 saturated carbocycles. The molecule has 2 nitrogen and oxygen atoms in total. The largest absolute Gasteiger partial charge is 0.379 e. The van der Waals surface area contributed by atoms with Crippen LogP contribution in [0.2, 0.25) is 0 Å². The Labute approximate surface area is 106 Å². The van der Waals surface area contributed by atoms with Crippen LogP contribution in [0.15, 0.2) is 23.1 Å². The predicted molar refractivity (Wildman–Crippen MR) is 69.0 cm³/mol. The highest BCUT2D eigenvalue weighted by molar-refractivity contribution is 8.00. The van der Waals surface area contributed by atoms with Gasteiger partial charge in [0.2, 0.25) is 0 Å². The zero-order valence-corrected chi connectivity index (χ0v) is 11.0. The SMILES string of the molecule is CCNC(C)c1ccc(SC2COC2)c(F)c1. The number of benzene rings is 1. The lowest BCUT2D eigenvalue weighted by Crippen LogP contribution is -2.30. The normalized spacial score (nSPS) is 17.8. The van der Waals surface area contributed by atoms with Crippen LogP contribution in [0.3, 0.4) is 0 Å². The van der Waals surface area contributed by atoms with Crippen molar-refractivity contribution in [1.82, 2.24) is 5.32 Å². The number of hydrogen-bond donors (Lipinski definition) is 1. The molecular weight excluding hydrogens is 237 g/mol. The predicted octanol–water partition coefficient (Wildman–Crippen LogP) is 2.99. The molecule has 1 N–H and O–H groups in total. The zero-order chi connectivity index (χ0) is 12.3. The van der Waals surface area contributed by atoms with Gasteiger partial charge in [-0.1, -0.05) is 13.0 Å². The lowest BCUT2D eigenvalue weighted by Gasteiger charge is -2.25. The molecular formula is C13H18FNOS. The topological polar surface area (TPSA) is 21.3 Å². The van der Waals surface area contributed by atoms with Gasteiger partial charge in [-0.25, -0.2) is 4.39 Å². The van der Waals surface area contributed by atoms with E-state index in [1.165, 1.54) is 0 Å². The van der Waals surface area contributed by atoms with Crippen molar-refractivity contribution in [1.29, 1.82) is 0 Å². The van der Waals surface area contributed by atoms with Crippen LogP contribution in [0, 0.1) is 5.82 Å². The van der Waals surface area contributed by atoms with Crippen molar-refractivity contribution in [2.24, 2.45) is 0 Å². The average Bonchev–Trinajstić information content (AvgIpc) is 2.25. The Bertz CT molecular complexity index is 382. The molecule has 1 heterocycles. The summed E-state index contributed by atoms with van der Waals surface area (Å²) in [5.41, 5.74) is 0.999. The van der Waals surface area contributed by atoms with Gasteiger partial charge in [-0.15, -0.1) is 11.8 Å². The highest BCUT2D eigenvalue weighted by atomic mass is 32.2. The minimum absolute atomic E-state index is 0.121. The summed E-state index contributed by atoms with van der Waals surface area (Å²) in [6.45, 7) is 6.45. The van der Waals surface area contributed by atoms with E-state index in [4.69, 9.17) is 4.74 Å². The van der Waals surface area contributed by atoms with Gasteiger partial charge in [0.1, 0.15) is 5.82 Å². The molecule has 1 saturated heterocycles. The Balaban J connectivity index is 2.04. The lowest BCUT2D eigenvalue weighted by atomic mass is 10.1. The van der Waals surface area contributed by atoms with Crippen molar-refractivity contribution in [3.05, 3.63) is 29.6 Å². The van der Waals surface area contributed by atoms with E-state index in [1.807, 2.05) is 26.0 Å². The molecule has 1 aromatic carbocycles. The quantitative estimate of drug-likeness (QED) is 0.874. The first-order chi connectivity index (χ1) is 8.20. The monoisotopic (exact) mass is 255 g/mol. The molecule has 1 aromatic rings. The van der Waals surface area contributed by atoms with Gasteiger partial charge in [0, 0.05) is 10.9 Å². The van der Waals surface area contributed by atoms with Crippen molar-refractivity contribution in [2.75, 3.05) is 19.8 Å². The fourth-order valence-corrected chi connectivity index (χ4v) is 2.77. The lowest BCUT2D eigenvalue weighted by molar-refractivity contribution is 0.0455. The van der Waals surface area contributed by atoms with Crippen molar-refractivity contribution in [3.8, 4) is 0 Å². The van der Waals surface area contributed by atoms with Crippen LogP contribution in [0.1, 0.15) is 25.5 Å². The Hall–Kier alpha value is -0.580. The molecule has 0 bridgehead atoms. The first-order valence-corrected chi connectivity index (χ1v) is 6.86. The maximum atomic E-state index is 13.9. The minimum atomic E-state index is -0.121. The average molecular weight is 255 g/mol. The Morgan fingerprint density at radius 1 is 1.53 bits per heavy atom. The van der Waals surface area contributed by atoms with Gasteiger partial charge in [0.05, 0.1) is 18.5 Å².